The van der Waals surface area contributed by atoms with E-state index in [1.807, 2.05) is 20.8 Å². The average Bonchev–Trinajstić information content (AvgIpc) is 2.26. The van der Waals surface area contributed by atoms with E-state index in [0.29, 0.717) is 5.92 Å². The van der Waals surface area contributed by atoms with E-state index in [2.05, 4.69) is 20.0 Å². The van der Waals surface area contributed by atoms with E-state index in [1.54, 1.807) is 0 Å². The largest absolute Gasteiger partial charge is 0.352 e. The van der Waals surface area contributed by atoms with E-state index in [1.165, 1.54) is 12.1 Å². The second-order valence-electron chi connectivity index (χ2n) is 4.70. The van der Waals surface area contributed by atoms with Crippen molar-refractivity contribution in [2.45, 2.75) is 31.7 Å². The molecule has 0 bridgehead atoms. The molecule has 2 rings (SSSR count). The zero-order valence-electron chi connectivity index (χ0n) is 10.8. The van der Waals surface area contributed by atoms with E-state index < -0.39 is 10.0 Å². The van der Waals surface area contributed by atoms with Gasteiger partial charge in [0.1, 0.15) is 10.0 Å². The number of pyridine rings is 1. The number of guanidine groups is 1. The molecule has 0 aromatic carbocycles. The Balaban J connectivity index is 2.35. The Morgan fingerprint density at radius 1 is 1.32 bits per heavy atom. The summed E-state index contributed by atoms with van der Waals surface area (Å²) in [7, 11) is -3.74. The first-order chi connectivity index (χ1) is 8.79. The molecule has 2 heterocycles. The molecule has 19 heavy (non-hydrogen) atoms. The Bertz CT molecular complexity index is 628. The number of halogens is 1. The van der Waals surface area contributed by atoms with Crippen LogP contribution in [0.2, 0.25) is 5.15 Å². The van der Waals surface area contributed by atoms with Gasteiger partial charge < -0.3 is 10.6 Å². The molecule has 104 valence electrons. The van der Waals surface area contributed by atoms with Crippen LogP contribution in [0.3, 0.4) is 0 Å². The lowest BCUT2D eigenvalue weighted by atomic mass is 10.1. The van der Waals surface area contributed by atoms with Gasteiger partial charge in [0.2, 0.25) is 5.96 Å². The number of anilines is 1. The van der Waals surface area contributed by atoms with Gasteiger partial charge in [0, 0.05) is 6.04 Å². The van der Waals surface area contributed by atoms with E-state index >= 15 is 0 Å². The molecule has 1 atom stereocenters. The van der Waals surface area contributed by atoms with Gasteiger partial charge in [0.05, 0.1) is 0 Å². The van der Waals surface area contributed by atoms with Crippen LogP contribution in [0, 0.1) is 5.92 Å². The third-order valence-electron chi connectivity index (χ3n) is 2.91. The second kappa shape index (κ2) is 4.97. The third-order valence-corrected chi connectivity index (χ3v) is 4.43. The standard InChI is InChI=1S/C11H15ClN4O2S/c1-6(2)7(3)13-11-15-10-8(19(17,18)16-11)4-5-9(12)14-10/h4-7H,1-3H3,(H2,13,14,15,16). The van der Waals surface area contributed by atoms with Crippen molar-refractivity contribution >= 4 is 33.4 Å². The lowest BCUT2D eigenvalue weighted by molar-refractivity contribution is 0.486. The summed E-state index contributed by atoms with van der Waals surface area (Å²) in [5.41, 5.74) is 0. The lowest BCUT2D eigenvalue weighted by Gasteiger charge is -2.23. The van der Waals surface area contributed by atoms with Gasteiger partial charge in [0.15, 0.2) is 5.82 Å². The zero-order chi connectivity index (χ0) is 14.2. The van der Waals surface area contributed by atoms with Crippen LogP contribution in [0.1, 0.15) is 20.8 Å². The summed E-state index contributed by atoms with van der Waals surface area (Å²) in [6, 6.07) is 2.88. The molecule has 1 unspecified atom stereocenters. The number of fused-ring (bicyclic) bond motifs is 1. The average molecular weight is 303 g/mol. The fourth-order valence-electron chi connectivity index (χ4n) is 1.47. The third kappa shape index (κ3) is 2.98. The molecule has 0 saturated carbocycles. The maximum Gasteiger partial charge on any atom is 0.289 e. The first-order valence-corrected chi connectivity index (χ1v) is 7.66. The summed E-state index contributed by atoms with van der Waals surface area (Å²) >= 11 is 5.77. The molecule has 2 N–H and O–H groups in total. The minimum atomic E-state index is -3.74. The lowest BCUT2D eigenvalue weighted by Crippen LogP contribution is -2.42. The molecule has 1 aliphatic rings. The highest BCUT2D eigenvalue weighted by Crippen LogP contribution is 2.26. The first kappa shape index (κ1) is 14.1. The summed E-state index contributed by atoms with van der Waals surface area (Å²) in [6.45, 7) is 6.00. The number of aromatic nitrogens is 1. The summed E-state index contributed by atoms with van der Waals surface area (Å²) in [5.74, 6) is 0.699. The molecule has 0 radical (unpaired) electrons. The van der Waals surface area contributed by atoms with Crippen molar-refractivity contribution in [3.8, 4) is 0 Å². The minimum Gasteiger partial charge on any atom is -0.352 e. The molecule has 1 aliphatic heterocycles. The van der Waals surface area contributed by atoms with Gasteiger partial charge in [-0.25, -0.2) is 4.98 Å². The predicted molar refractivity (Wildman–Crippen MR) is 74.9 cm³/mol. The van der Waals surface area contributed by atoms with Crippen molar-refractivity contribution in [1.82, 2.24) is 10.3 Å². The first-order valence-electron chi connectivity index (χ1n) is 5.84. The van der Waals surface area contributed by atoms with Crippen molar-refractivity contribution in [1.29, 1.82) is 0 Å². The highest BCUT2D eigenvalue weighted by molar-refractivity contribution is 7.90. The highest BCUT2D eigenvalue weighted by atomic mass is 35.5. The zero-order valence-corrected chi connectivity index (χ0v) is 12.4. The van der Waals surface area contributed by atoms with Crippen LogP contribution in [-0.4, -0.2) is 25.4 Å². The van der Waals surface area contributed by atoms with Crippen LogP contribution in [0.15, 0.2) is 21.4 Å². The predicted octanol–water partition coefficient (Wildman–Crippen LogP) is 1.84. The number of hydrogen-bond acceptors (Lipinski definition) is 5. The fourth-order valence-corrected chi connectivity index (χ4v) is 2.63. The SMILES string of the molecule is CC(C)C(C)NC1=NS(=O)(=O)c2ccc(Cl)nc2N1. The Kier molecular flexibility index (Phi) is 3.69. The van der Waals surface area contributed by atoms with E-state index in [0.717, 1.165) is 0 Å². The van der Waals surface area contributed by atoms with Crippen LogP contribution in [0.5, 0.6) is 0 Å². The normalized spacial score (nSPS) is 18.3. The maximum absolute atomic E-state index is 12.0. The van der Waals surface area contributed by atoms with Crippen molar-refractivity contribution in [2.24, 2.45) is 10.3 Å². The van der Waals surface area contributed by atoms with Gasteiger partial charge in [-0.15, -0.1) is 4.40 Å². The number of rotatable bonds is 2. The maximum atomic E-state index is 12.0. The molecular formula is C11H15ClN4O2S. The van der Waals surface area contributed by atoms with Crippen molar-refractivity contribution in [3.05, 3.63) is 17.3 Å². The van der Waals surface area contributed by atoms with Gasteiger partial charge in [-0.2, -0.15) is 8.42 Å². The summed E-state index contributed by atoms with van der Waals surface area (Å²) in [5, 5.41) is 6.08. The van der Waals surface area contributed by atoms with Crippen molar-refractivity contribution < 1.29 is 8.42 Å². The Morgan fingerprint density at radius 2 is 2.00 bits per heavy atom. The smallest absolute Gasteiger partial charge is 0.289 e. The van der Waals surface area contributed by atoms with E-state index in [4.69, 9.17) is 11.6 Å². The van der Waals surface area contributed by atoms with Crippen molar-refractivity contribution in [2.75, 3.05) is 5.32 Å². The summed E-state index contributed by atoms with van der Waals surface area (Å²) in [6.07, 6.45) is 0. The topological polar surface area (TPSA) is 83.5 Å². The Labute approximate surface area is 117 Å². The number of nitrogens with zero attached hydrogens (tertiary/aromatic N) is 2. The molecule has 0 spiro atoms. The molecular weight excluding hydrogens is 288 g/mol. The van der Waals surface area contributed by atoms with Crippen LogP contribution in [-0.2, 0) is 10.0 Å². The number of hydrogen-bond donors (Lipinski definition) is 2. The molecule has 0 saturated heterocycles. The molecule has 1 aromatic heterocycles. The van der Waals surface area contributed by atoms with Gasteiger partial charge >= 0.3 is 0 Å². The number of sulfonamides is 1. The van der Waals surface area contributed by atoms with Gasteiger partial charge in [0.25, 0.3) is 10.0 Å². The van der Waals surface area contributed by atoms with Crippen LogP contribution >= 0.6 is 11.6 Å². The highest BCUT2D eigenvalue weighted by Gasteiger charge is 2.27. The van der Waals surface area contributed by atoms with Crippen LogP contribution in [0.25, 0.3) is 0 Å². The monoisotopic (exact) mass is 302 g/mol. The molecule has 8 heteroatoms. The molecule has 6 nitrogen and oxygen atoms in total. The van der Waals surface area contributed by atoms with Crippen molar-refractivity contribution in [3.63, 3.8) is 0 Å². The second-order valence-corrected chi connectivity index (χ2v) is 6.66. The molecule has 1 aromatic rings. The van der Waals surface area contributed by atoms with Gasteiger partial charge in [-0.1, -0.05) is 25.4 Å². The minimum absolute atomic E-state index is 0.0275. The Hall–Kier alpha value is -1.34. The summed E-state index contributed by atoms with van der Waals surface area (Å²) < 4.78 is 27.7. The van der Waals surface area contributed by atoms with Crippen LogP contribution < -0.4 is 10.6 Å². The number of nitrogens with one attached hydrogen (secondary N) is 2. The quantitative estimate of drug-likeness (QED) is 0.814. The molecule has 0 fully saturated rings. The van der Waals surface area contributed by atoms with E-state index in [9.17, 15) is 8.42 Å². The van der Waals surface area contributed by atoms with E-state index in [-0.39, 0.29) is 27.9 Å². The molecule has 0 aliphatic carbocycles. The summed E-state index contributed by atoms with van der Waals surface area (Å²) in [4.78, 5) is 3.99. The van der Waals surface area contributed by atoms with Gasteiger partial charge in [-0.3, -0.25) is 0 Å². The molecule has 0 amide bonds. The van der Waals surface area contributed by atoms with Gasteiger partial charge in [-0.05, 0) is 25.0 Å². The van der Waals surface area contributed by atoms with Crippen LogP contribution in [0.4, 0.5) is 5.82 Å². The Morgan fingerprint density at radius 3 is 2.63 bits per heavy atom. The fraction of sp³-hybridized carbons (Fsp3) is 0.455.